The summed E-state index contributed by atoms with van der Waals surface area (Å²) in [6, 6.07) is 15.9. The van der Waals surface area contributed by atoms with E-state index >= 15 is 0 Å². The second kappa shape index (κ2) is 8.62. The quantitative estimate of drug-likeness (QED) is 0.842. The number of hydrogen-bond acceptors (Lipinski definition) is 4. The van der Waals surface area contributed by atoms with E-state index in [1.165, 1.54) is 0 Å². The molecule has 29 heavy (non-hydrogen) atoms. The molecular formula is C23H26N4O2. The van der Waals surface area contributed by atoms with Crippen LogP contribution in [-0.2, 0) is 4.79 Å². The lowest BCUT2D eigenvalue weighted by atomic mass is 9.91. The molecule has 6 heteroatoms. The Kier molecular flexibility index (Phi) is 5.77. The van der Waals surface area contributed by atoms with Crippen molar-refractivity contribution in [3.05, 3.63) is 48.0 Å². The Labute approximate surface area is 170 Å². The Balaban J connectivity index is 1.37. The molecule has 2 aromatic rings. The topological polar surface area (TPSA) is 85.2 Å². The number of carbonyl (C=O) groups is 2. The molecule has 0 spiro atoms. The smallest absolute Gasteiger partial charge is 0.254 e. The van der Waals surface area contributed by atoms with Crippen LogP contribution in [0.3, 0.4) is 0 Å². The number of nitrogens with one attached hydrogen (secondary N) is 2. The van der Waals surface area contributed by atoms with Crippen molar-refractivity contribution in [1.82, 2.24) is 15.5 Å². The summed E-state index contributed by atoms with van der Waals surface area (Å²) >= 11 is 0. The van der Waals surface area contributed by atoms with Crippen LogP contribution in [0.25, 0.3) is 10.8 Å². The second-order valence-electron chi connectivity index (χ2n) is 7.94. The van der Waals surface area contributed by atoms with Gasteiger partial charge < -0.3 is 15.5 Å². The van der Waals surface area contributed by atoms with E-state index in [1.54, 1.807) is 0 Å². The standard InChI is InChI=1S/C23H26N4O2/c24-14-18-8-11-25-15-21(18)26-22(28)17-9-12-27(13-10-17)23(29)20-7-3-5-16-4-1-2-6-19(16)20/h1-7,17-18,21,25H,8-13,15H2,(H,26,28). The van der Waals surface area contributed by atoms with Crippen molar-refractivity contribution in [2.24, 2.45) is 11.8 Å². The zero-order chi connectivity index (χ0) is 20.2. The number of rotatable bonds is 3. The number of likely N-dealkylation sites (tertiary alicyclic amines) is 1. The highest BCUT2D eigenvalue weighted by atomic mass is 16.2. The third-order valence-electron chi connectivity index (χ3n) is 6.15. The Hall–Kier alpha value is -2.91. The van der Waals surface area contributed by atoms with Gasteiger partial charge in [-0.15, -0.1) is 0 Å². The fourth-order valence-electron chi connectivity index (χ4n) is 4.39. The molecule has 2 aliphatic heterocycles. The van der Waals surface area contributed by atoms with E-state index in [9.17, 15) is 14.9 Å². The van der Waals surface area contributed by atoms with E-state index in [0.29, 0.717) is 32.5 Å². The molecule has 2 aromatic carbocycles. The first kappa shape index (κ1) is 19.4. The van der Waals surface area contributed by atoms with Crippen LogP contribution in [0, 0.1) is 23.2 Å². The van der Waals surface area contributed by atoms with Gasteiger partial charge in [-0.05, 0) is 42.6 Å². The zero-order valence-electron chi connectivity index (χ0n) is 16.4. The number of piperidine rings is 2. The van der Waals surface area contributed by atoms with Gasteiger partial charge in [0.15, 0.2) is 0 Å². The molecule has 2 saturated heterocycles. The SMILES string of the molecule is N#CC1CCNCC1NC(=O)C1CCN(C(=O)c2cccc3ccccc23)CC1. The lowest BCUT2D eigenvalue weighted by Crippen LogP contribution is -2.53. The first-order valence-corrected chi connectivity index (χ1v) is 10.3. The van der Waals surface area contributed by atoms with E-state index in [-0.39, 0.29) is 29.7 Å². The largest absolute Gasteiger partial charge is 0.351 e. The van der Waals surface area contributed by atoms with Crippen LogP contribution < -0.4 is 10.6 Å². The average molecular weight is 390 g/mol. The molecule has 2 atom stereocenters. The van der Waals surface area contributed by atoms with Gasteiger partial charge in [0.2, 0.25) is 5.91 Å². The Bertz CT molecular complexity index is 938. The maximum Gasteiger partial charge on any atom is 0.254 e. The number of benzene rings is 2. The molecular weight excluding hydrogens is 364 g/mol. The summed E-state index contributed by atoms with van der Waals surface area (Å²) in [7, 11) is 0. The molecule has 2 N–H and O–H groups in total. The normalized spacial score (nSPS) is 22.8. The molecule has 2 heterocycles. The number of carbonyl (C=O) groups excluding carboxylic acids is 2. The Morgan fingerprint density at radius 3 is 2.62 bits per heavy atom. The fourth-order valence-corrected chi connectivity index (χ4v) is 4.39. The predicted molar refractivity (Wildman–Crippen MR) is 111 cm³/mol. The lowest BCUT2D eigenvalue weighted by molar-refractivity contribution is -0.127. The monoisotopic (exact) mass is 390 g/mol. The summed E-state index contributed by atoms with van der Waals surface area (Å²) in [6.07, 6.45) is 2.07. The molecule has 2 aliphatic rings. The summed E-state index contributed by atoms with van der Waals surface area (Å²) in [5, 5.41) is 17.6. The predicted octanol–water partition coefficient (Wildman–Crippen LogP) is 2.31. The number of nitriles is 1. The minimum absolute atomic E-state index is 0.0104. The van der Waals surface area contributed by atoms with Crippen LogP contribution in [0.2, 0.25) is 0 Å². The molecule has 2 amide bonds. The van der Waals surface area contributed by atoms with Crippen LogP contribution >= 0.6 is 0 Å². The van der Waals surface area contributed by atoms with Gasteiger partial charge in [-0.1, -0.05) is 36.4 Å². The van der Waals surface area contributed by atoms with E-state index in [4.69, 9.17) is 0 Å². The third kappa shape index (κ3) is 4.10. The van der Waals surface area contributed by atoms with E-state index in [1.807, 2.05) is 47.4 Å². The highest BCUT2D eigenvalue weighted by molar-refractivity contribution is 6.07. The first-order valence-electron chi connectivity index (χ1n) is 10.3. The number of fused-ring (bicyclic) bond motifs is 1. The van der Waals surface area contributed by atoms with Gasteiger partial charge in [0.1, 0.15) is 0 Å². The van der Waals surface area contributed by atoms with Crippen molar-refractivity contribution in [3.63, 3.8) is 0 Å². The van der Waals surface area contributed by atoms with Gasteiger partial charge in [-0.25, -0.2) is 0 Å². The van der Waals surface area contributed by atoms with Gasteiger partial charge >= 0.3 is 0 Å². The summed E-state index contributed by atoms with van der Waals surface area (Å²) in [5.74, 6) is -0.195. The zero-order valence-corrected chi connectivity index (χ0v) is 16.4. The molecule has 0 bridgehead atoms. The highest BCUT2D eigenvalue weighted by Crippen LogP contribution is 2.24. The van der Waals surface area contributed by atoms with E-state index in [0.717, 1.165) is 29.3 Å². The molecule has 0 saturated carbocycles. The molecule has 4 rings (SSSR count). The van der Waals surface area contributed by atoms with Crippen LogP contribution in [-0.4, -0.2) is 48.9 Å². The number of hydrogen-bond donors (Lipinski definition) is 2. The van der Waals surface area contributed by atoms with Gasteiger partial charge in [0.05, 0.1) is 18.0 Å². The summed E-state index contributed by atoms with van der Waals surface area (Å²) in [5.41, 5.74) is 0.719. The van der Waals surface area contributed by atoms with Crippen molar-refractivity contribution in [2.45, 2.75) is 25.3 Å². The molecule has 0 radical (unpaired) electrons. The van der Waals surface area contributed by atoms with Gasteiger partial charge in [-0.3, -0.25) is 9.59 Å². The van der Waals surface area contributed by atoms with Crippen molar-refractivity contribution in [2.75, 3.05) is 26.2 Å². The lowest BCUT2D eigenvalue weighted by Gasteiger charge is -2.34. The Morgan fingerprint density at radius 1 is 1.07 bits per heavy atom. The van der Waals surface area contributed by atoms with Crippen LogP contribution in [0.1, 0.15) is 29.6 Å². The van der Waals surface area contributed by atoms with E-state index in [2.05, 4.69) is 16.7 Å². The molecule has 2 unspecified atom stereocenters. The first-order chi connectivity index (χ1) is 14.2. The number of nitrogens with zero attached hydrogens (tertiary/aromatic N) is 2. The van der Waals surface area contributed by atoms with Crippen molar-refractivity contribution >= 4 is 22.6 Å². The van der Waals surface area contributed by atoms with Gasteiger partial charge in [0, 0.05) is 31.1 Å². The molecule has 0 aromatic heterocycles. The molecule has 2 fully saturated rings. The van der Waals surface area contributed by atoms with Crippen LogP contribution in [0.5, 0.6) is 0 Å². The third-order valence-corrected chi connectivity index (χ3v) is 6.15. The van der Waals surface area contributed by atoms with Gasteiger partial charge in [-0.2, -0.15) is 5.26 Å². The van der Waals surface area contributed by atoms with Crippen molar-refractivity contribution < 1.29 is 9.59 Å². The van der Waals surface area contributed by atoms with Crippen molar-refractivity contribution in [3.8, 4) is 6.07 Å². The van der Waals surface area contributed by atoms with Gasteiger partial charge in [0.25, 0.3) is 5.91 Å². The number of amides is 2. The van der Waals surface area contributed by atoms with Crippen molar-refractivity contribution in [1.29, 1.82) is 5.26 Å². The molecule has 6 nitrogen and oxygen atoms in total. The average Bonchev–Trinajstić information content (AvgIpc) is 2.78. The Morgan fingerprint density at radius 2 is 1.83 bits per heavy atom. The summed E-state index contributed by atoms with van der Waals surface area (Å²) < 4.78 is 0. The second-order valence-corrected chi connectivity index (χ2v) is 7.94. The van der Waals surface area contributed by atoms with Crippen LogP contribution in [0.15, 0.2) is 42.5 Å². The minimum atomic E-state index is -0.131. The highest BCUT2D eigenvalue weighted by Gasteiger charge is 2.32. The maximum absolute atomic E-state index is 13.1. The van der Waals surface area contributed by atoms with E-state index < -0.39 is 0 Å². The summed E-state index contributed by atoms with van der Waals surface area (Å²) in [6.45, 7) is 2.61. The maximum atomic E-state index is 13.1. The van der Waals surface area contributed by atoms with Crippen LogP contribution in [0.4, 0.5) is 0 Å². The minimum Gasteiger partial charge on any atom is -0.351 e. The molecule has 150 valence electrons. The summed E-state index contributed by atoms with van der Waals surface area (Å²) in [4.78, 5) is 27.6. The molecule has 0 aliphatic carbocycles. The fraction of sp³-hybridized carbons (Fsp3) is 0.435.